The topological polar surface area (TPSA) is 44.4 Å². The van der Waals surface area contributed by atoms with Crippen LogP contribution < -0.4 is 10.6 Å². The van der Waals surface area contributed by atoms with E-state index < -0.39 is 0 Å². The van der Waals surface area contributed by atoms with Gasteiger partial charge in [0.2, 0.25) is 5.91 Å². The predicted molar refractivity (Wildman–Crippen MR) is 75.6 cm³/mol. The van der Waals surface area contributed by atoms with Crippen molar-refractivity contribution in [3.8, 4) is 0 Å². The van der Waals surface area contributed by atoms with Gasteiger partial charge in [-0.05, 0) is 32.6 Å². The monoisotopic (exact) mass is 255 g/mol. The van der Waals surface area contributed by atoms with E-state index in [4.69, 9.17) is 0 Å². The molecule has 4 heteroatoms. The van der Waals surface area contributed by atoms with Gasteiger partial charge in [-0.1, -0.05) is 13.8 Å². The zero-order chi connectivity index (χ0) is 13.5. The van der Waals surface area contributed by atoms with Gasteiger partial charge in [0, 0.05) is 31.7 Å². The molecule has 1 aliphatic rings. The van der Waals surface area contributed by atoms with E-state index in [0.29, 0.717) is 24.5 Å². The second-order valence-corrected chi connectivity index (χ2v) is 6.03. The number of hydrogen-bond donors (Lipinski definition) is 2. The van der Waals surface area contributed by atoms with E-state index in [1.54, 1.807) is 0 Å². The molecule has 2 N–H and O–H groups in total. The summed E-state index contributed by atoms with van der Waals surface area (Å²) in [6.07, 6.45) is 2.24. The van der Waals surface area contributed by atoms with Crippen LogP contribution in [0.3, 0.4) is 0 Å². The minimum absolute atomic E-state index is 0.167. The summed E-state index contributed by atoms with van der Waals surface area (Å²) in [7, 11) is 0. The van der Waals surface area contributed by atoms with E-state index in [1.807, 2.05) is 0 Å². The van der Waals surface area contributed by atoms with Gasteiger partial charge in [-0.25, -0.2) is 0 Å². The van der Waals surface area contributed by atoms with Crippen molar-refractivity contribution in [2.24, 2.45) is 5.92 Å². The van der Waals surface area contributed by atoms with Crippen molar-refractivity contribution in [3.05, 3.63) is 0 Å². The second kappa shape index (κ2) is 7.74. The molecule has 1 unspecified atom stereocenters. The molecule has 0 aromatic heterocycles. The Bertz CT molecular complexity index is 255. The fourth-order valence-electron chi connectivity index (χ4n) is 2.33. The van der Waals surface area contributed by atoms with Crippen molar-refractivity contribution < 1.29 is 4.79 Å². The highest BCUT2D eigenvalue weighted by atomic mass is 16.2. The molecule has 0 saturated carbocycles. The lowest BCUT2D eigenvalue weighted by Crippen LogP contribution is -2.52. The molecule has 0 radical (unpaired) electrons. The van der Waals surface area contributed by atoms with Gasteiger partial charge in [0.15, 0.2) is 0 Å². The molecule has 0 spiro atoms. The van der Waals surface area contributed by atoms with E-state index >= 15 is 0 Å². The molecule has 1 fully saturated rings. The molecule has 4 nitrogen and oxygen atoms in total. The zero-order valence-corrected chi connectivity index (χ0v) is 12.3. The summed E-state index contributed by atoms with van der Waals surface area (Å²) in [6, 6.07) is 0.783. The van der Waals surface area contributed by atoms with Crippen LogP contribution in [-0.4, -0.2) is 49.1 Å². The molecule has 0 aromatic carbocycles. The molecular formula is C14H29N3O. The molecule has 1 amide bonds. The Hall–Kier alpha value is -0.610. The lowest BCUT2D eigenvalue weighted by atomic mass is 10.0. The lowest BCUT2D eigenvalue weighted by Gasteiger charge is -2.31. The first-order valence-corrected chi connectivity index (χ1v) is 7.22. The molecule has 0 aromatic rings. The summed E-state index contributed by atoms with van der Waals surface area (Å²) in [4.78, 5) is 14.1. The maximum absolute atomic E-state index is 11.9. The van der Waals surface area contributed by atoms with Gasteiger partial charge in [0.25, 0.3) is 0 Å². The number of piperazine rings is 1. The summed E-state index contributed by atoms with van der Waals surface area (Å²) >= 11 is 0. The number of rotatable bonds is 6. The van der Waals surface area contributed by atoms with Gasteiger partial charge in [-0.3, -0.25) is 9.69 Å². The standard InChI is InChI=1S/C14H29N3O/c1-11(2)5-6-12(3)16-14(18)10-17-8-7-15-13(4)9-17/h11-13,15H,5-10H2,1-4H3,(H,16,18)/t12?,13-/m1/s1. The molecule has 1 aliphatic heterocycles. The fourth-order valence-corrected chi connectivity index (χ4v) is 2.33. The van der Waals surface area contributed by atoms with Gasteiger partial charge < -0.3 is 10.6 Å². The fraction of sp³-hybridized carbons (Fsp3) is 0.929. The van der Waals surface area contributed by atoms with Crippen molar-refractivity contribution in [2.75, 3.05) is 26.2 Å². The highest BCUT2D eigenvalue weighted by Gasteiger charge is 2.18. The average molecular weight is 255 g/mol. The first-order valence-electron chi connectivity index (χ1n) is 7.22. The zero-order valence-electron chi connectivity index (χ0n) is 12.3. The molecule has 0 aliphatic carbocycles. The summed E-state index contributed by atoms with van der Waals surface area (Å²) in [5, 5.41) is 6.48. The molecule has 0 bridgehead atoms. The molecule has 106 valence electrons. The summed E-state index contributed by atoms with van der Waals surface area (Å²) in [6.45, 7) is 12.2. The first-order chi connectivity index (χ1) is 8.47. The normalized spacial score (nSPS) is 23.1. The Morgan fingerprint density at radius 2 is 2.11 bits per heavy atom. The van der Waals surface area contributed by atoms with Gasteiger partial charge in [0.05, 0.1) is 6.54 Å². The quantitative estimate of drug-likeness (QED) is 0.750. The number of nitrogens with one attached hydrogen (secondary N) is 2. The first kappa shape index (κ1) is 15.4. The van der Waals surface area contributed by atoms with Crippen LogP contribution in [0.1, 0.15) is 40.5 Å². The largest absolute Gasteiger partial charge is 0.353 e. The van der Waals surface area contributed by atoms with E-state index in [0.717, 1.165) is 26.1 Å². The van der Waals surface area contributed by atoms with Crippen LogP contribution >= 0.6 is 0 Å². The van der Waals surface area contributed by atoms with Crippen LogP contribution in [-0.2, 0) is 4.79 Å². The predicted octanol–water partition coefficient (Wildman–Crippen LogP) is 1.22. The third-order valence-corrected chi connectivity index (χ3v) is 3.40. The Kier molecular flexibility index (Phi) is 6.65. The molecule has 1 saturated heterocycles. The maximum Gasteiger partial charge on any atom is 0.234 e. The van der Waals surface area contributed by atoms with Crippen molar-refractivity contribution in [1.29, 1.82) is 0 Å². The highest BCUT2D eigenvalue weighted by molar-refractivity contribution is 5.78. The van der Waals surface area contributed by atoms with Crippen LogP contribution in [0, 0.1) is 5.92 Å². The SMILES string of the molecule is CC(C)CCC(C)NC(=O)CN1CCN[C@H](C)C1. The van der Waals surface area contributed by atoms with Crippen molar-refractivity contribution in [2.45, 2.75) is 52.6 Å². The molecular weight excluding hydrogens is 226 g/mol. The summed E-state index contributed by atoms with van der Waals surface area (Å²) in [5.74, 6) is 0.874. The van der Waals surface area contributed by atoms with E-state index in [9.17, 15) is 4.79 Å². The summed E-state index contributed by atoms with van der Waals surface area (Å²) < 4.78 is 0. The van der Waals surface area contributed by atoms with E-state index in [-0.39, 0.29) is 5.91 Å². The van der Waals surface area contributed by atoms with Crippen LogP contribution in [0.5, 0.6) is 0 Å². The van der Waals surface area contributed by atoms with E-state index in [1.165, 1.54) is 6.42 Å². The Morgan fingerprint density at radius 1 is 1.39 bits per heavy atom. The van der Waals surface area contributed by atoms with Crippen LogP contribution in [0.2, 0.25) is 0 Å². The van der Waals surface area contributed by atoms with Crippen molar-refractivity contribution in [1.82, 2.24) is 15.5 Å². The Morgan fingerprint density at radius 3 is 2.72 bits per heavy atom. The number of carbonyl (C=O) groups is 1. The van der Waals surface area contributed by atoms with Crippen LogP contribution in [0.15, 0.2) is 0 Å². The molecule has 18 heavy (non-hydrogen) atoms. The lowest BCUT2D eigenvalue weighted by molar-refractivity contribution is -0.123. The van der Waals surface area contributed by atoms with Gasteiger partial charge in [-0.15, -0.1) is 0 Å². The number of amides is 1. The van der Waals surface area contributed by atoms with Crippen molar-refractivity contribution >= 4 is 5.91 Å². The molecule has 1 heterocycles. The minimum atomic E-state index is 0.167. The number of hydrogen-bond acceptors (Lipinski definition) is 3. The second-order valence-electron chi connectivity index (χ2n) is 6.03. The number of carbonyl (C=O) groups excluding carboxylic acids is 1. The minimum Gasteiger partial charge on any atom is -0.353 e. The number of nitrogens with zero attached hydrogens (tertiary/aromatic N) is 1. The van der Waals surface area contributed by atoms with Gasteiger partial charge in [0.1, 0.15) is 0 Å². The third-order valence-electron chi connectivity index (χ3n) is 3.40. The van der Waals surface area contributed by atoms with Crippen molar-refractivity contribution in [3.63, 3.8) is 0 Å². The summed E-state index contributed by atoms with van der Waals surface area (Å²) in [5.41, 5.74) is 0. The maximum atomic E-state index is 11.9. The van der Waals surface area contributed by atoms with E-state index in [2.05, 4.69) is 43.2 Å². The van der Waals surface area contributed by atoms with Crippen LogP contribution in [0.25, 0.3) is 0 Å². The third kappa shape index (κ3) is 6.36. The van der Waals surface area contributed by atoms with Gasteiger partial charge >= 0.3 is 0 Å². The van der Waals surface area contributed by atoms with Crippen LogP contribution in [0.4, 0.5) is 0 Å². The average Bonchev–Trinajstić information content (AvgIpc) is 2.26. The molecule has 2 atom stereocenters. The Balaban J connectivity index is 2.19. The smallest absolute Gasteiger partial charge is 0.234 e. The Labute approximate surface area is 111 Å². The highest BCUT2D eigenvalue weighted by Crippen LogP contribution is 2.06. The molecule has 1 rings (SSSR count). The van der Waals surface area contributed by atoms with Gasteiger partial charge in [-0.2, -0.15) is 0 Å².